The van der Waals surface area contributed by atoms with Crippen molar-refractivity contribution in [1.82, 2.24) is 0 Å². The van der Waals surface area contributed by atoms with Crippen molar-refractivity contribution >= 4 is 5.97 Å². The number of esters is 1. The molecular weight excluding hydrogens is 245 g/mol. The molecule has 1 saturated heterocycles. The van der Waals surface area contributed by atoms with Crippen LogP contribution in [-0.2, 0) is 9.53 Å². The number of rotatable bonds is 3. The fraction of sp³-hybridized carbons (Fsp3) is 0.462. The molecule has 0 saturated carbocycles. The van der Waals surface area contributed by atoms with Gasteiger partial charge in [-0.05, 0) is 12.0 Å². The molecule has 98 valence electrons. The van der Waals surface area contributed by atoms with E-state index in [0.29, 0.717) is 0 Å². The molecule has 1 heterocycles. The number of halogens is 3. The molecule has 1 aliphatic rings. The van der Waals surface area contributed by atoms with Gasteiger partial charge in [-0.2, -0.15) is 13.2 Å². The third kappa shape index (κ3) is 3.03. The van der Waals surface area contributed by atoms with Crippen LogP contribution in [0.4, 0.5) is 13.2 Å². The molecule has 18 heavy (non-hydrogen) atoms. The Hall–Kier alpha value is -1.52. The van der Waals surface area contributed by atoms with Gasteiger partial charge in [0.2, 0.25) is 0 Å². The summed E-state index contributed by atoms with van der Waals surface area (Å²) in [5.41, 5.74) is 0.857. The van der Waals surface area contributed by atoms with Gasteiger partial charge in [0.25, 0.3) is 0 Å². The highest BCUT2D eigenvalue weighted by Crippen LogP contribution is 2.37. The van der Waals surface area contributed by atoms with Crippen LogP contribution in [0.25, 0.3) is 0 Å². The van der Waals surface area contributed by atoms with E-state index in [1.165, 1.54) is 0 Å². The zero-order valence-corrected chi connectivity index (χ0v) is 9.61. The van der Waals surface area contributed by atoms with Crippen LogP contribution < -0.4 is 0 Å². The van der Waals surface area contributed by atoms with Gasteiger partial charge in [-0.15, -0.1) is 0 Å². The van der Waals surface area contributed by atoms with Gasteiger partial charge in [0.05, 0.1) is 12.5 Å². The maximum atomic E-state index is 12.2. The van der Waals surface area contributed by atoms with Crippen molar-refractivity contribution in [2.75, 3.05) is 6.61 Å². The van der Waals surface area contributed by atoms with Crippen LogP contribution in [0.5, 0.6) is 0 Å². The molecule has 0 amide bonds. The summed E-state index contributed by atoms with van der Waals surface area (Å²) < 4.78 is 41.5. The number of ether oxygens (including phenoxy) is 1. The number of benzene rings is 1. The highest BCUT2D eigenvalue weighted by Gasteiger charge is 2.40. The van der Waals surface area contributed by atoms with Crippen LogP contribution in [0.2, 0.25) is 0 Å². The zero-order valence-electron chi connectivity index (χ0n) is 9.61. The summed E-state index contributed by atoms with van der Waals surface area (Å²) in [4.78, 5) is 11.5. The van der Waals surface area contributed by atoms with E-state index in [1.54, 1.807) is 12.1 Å². The van der Waals surface area contributed by atoms with Gasteiger partial charge in [-0.3, -0.25) is 4.79 Å². The molecule has 0 aliphatic carbocycles. The highest BCUT2D eigenvalue weighted by atomic mass is 19.4. The first kappa shape index (κ1) is 12.9. The predicted molar refractivity (Wildman–Crippen MR) is 58.9 cm³/mol. The Balaban J connectivity index is 2.09. The molecule has 0 bridgehead atoms. The van der Waals surface area contributed by atoms with Crippen molar-refractivity contribution in [1.29, 1.82) is 0 Å². The minimum atomic E-state index is -4.23. The third-order valence-corrected chi connectivity index (χ3v) is 3.16. The largest absolute Gasteiger partial charge is 0.465 e. The van der Waals surface area contributed by atoms with Gasteiger partial charge in [-0.1, -0.05) is 30.3 Å². The Morgan fingerprint density at radius 1 is 1.22 bits per heavy atom. The summed E-state index contributed by atoms with van der Waals surface area (Å²) in [7, 11) is 0. The van der Waals surface area contributed by atoms with Crippen molar-refractivity contribution in [3.8, 4) is 0 Å². The predicted octanol–water partition coefficient (Wildman–Crippen LogP) is 3.29. The lowest BCUT2D eigenvalue weighted by Crippen LogP contribution is -2.18. The number of carbonyl (C=O) groups is 1. The van der Waals surface area contributed by atoms with E-state index < -0.39 is 24.5 Å². The van der Waals surface area contributed by atoms with Gasteiger partial charge in [-0.25, -0.2) is 0 Å². The smallest absolute Gasteiger partial charge is 0.389 e. The van der Waals surface area contributed by atoms with Crippen LogP contribution in [0.3, 0.4) is 0 Å². The number of alkyl halides is 3. The fourth-order valence-corrected chi connectivity index (χ4v) is 2.23. The van der Waals surface area contributed by atoms with E-state index in [-0.39, 0.29) is 18.9 Å². The highest BCUT2D eigenvalue weighted by molar-refractivity contribution is 5.76. The molecule has 1 fully saturated rings. The third-order valence-electron chi connectivity index (χ3n) is 3.16. The average Bonchev–Trinajstić information content (AvgIpc) is 2.68. The lowest BCUT2D eigenvalue weighted by molar-refractivity contribution is -0.147. The summed E-state index contributed by atoms with van der Waals surface area (Å²) in [6.07, 6.45) is -5.39. The topological polar surface area (TPSA) is 26.3 Å². The van der Waals surface area contributed by atoms with Crippen LogP contribution in [0.1, 0.15) is 24.3 Å². The van der Waals surface area contributed by atoms with Gasteiger partial charge in [0, 0.05) is 12.3 Å². The summed E-state index contributed by atoms with van der Waals surface area (Å²) in [6.45, 7) is 0.172. The molecule has 1 aliphatic heterocycles. The number of hydrogen-bond donors (Lipinski definition) is 0. The minimum Gasteiger partial charge on any atom is -0.465 e. The SMILES string of the molecule is O=C1OC[C@@H](c2ccccc2)[C@H]1CCC(F)(F)F. The quantitative estimate of drug-likeness (QED) is 0.778. The Morgan fingerprint density at radius 3 is 2.50 bits per heavy atom. The van der Waals surface area contributed by atoms with Crippen molar-refractivity contribution < 1.29 is 22.7 Å². The number of cyclic esters (lactones) is 1. The molecule has 0 aromatic heterocycles. The number of hydrogen-bond acceptors (Lipinski definition) is 2. The second-order valence-electron chi connectivity index (χ2n) is 4.41. The molecule has 1 aromatic rings. The molecule has 5 heteroatoms. The molecule has 0 spiro atoms. The normalized spacial score (nSPS) is 24.1. The van der Waals surface area contributed by atoms with Crippen LogP contribution >= 0.6 is 0 Å². The molecule has 0 unspecified atom stereocenters. The Kier molecular flexibility index (Phi) is 3.59. The van der Waals surface area contributed by atoms with E-state index in [9.17, 15) is 18.0 Å². The zero-order chi connectivity index (χ0) is 13.2. The molecule has 2 atom stereocenters. The van der Waals surface area contributed by atoms with Crippen molar-refractivity contribution in [2.45, 2.75) is 24.9 Å². The lowest BCUT2D eigenvalue weighted by atomic mass is 9.85. The maximum absolute atomic E-state index is 12.2. The Morgan fingerprint density at radius 2 is 1.89 bits per heavy atom. The second kappa shape index (κ2) is 5.00. The first-order valence-electron chi connectivity index (χ1n) is 5.76. The lowest BCUT2D eigenvalue weighted by Gasteiger charge is -2.16. The van der Waals surface area contributed by atoms with Crippen LogP contribution in [0.15, 0.2) is 30.3 Å². The summed E-state index contributed by atoms with van der Waals surface area (Å²) >= 11 is 0. The van der Waals surface area contributed by atoms with Gasteiger partial charge in [0.1, 0.15) is 0 Å². The maximum Gasteiger partial charge on any atom is 0.389 e. The van der Waals surface area contributed by atoms with Crippen LogP contribution in [0, 0.1) is 5.92 Å². The van der Waals surface area contributed by atoms with Gasteiger partial charge < -0.3 is 4.74 Å². The Labute approximate surface area is 103 Å². The molecule has 0 radical (unpaired) electrons. The van der Waals surface area contributed by atoms with E-state index in [2.05, 4.69) is 0 Å². The Bertz CT molecular complexity index is 414. The van der Waals surface area contributed by atoms with E-state index in [0.717, 1.165) is 5.56 Å². The first-order chi connectivity index (χ1) is 8.47. The van der Waals surface area contributed by atoms with Crippen molar-refractivity contribution in [3.05, 3.63) is 35.9 Å². The first-order valence-corrected chi connectivity index (χ1v) is 5.76. The van der Waals surface area contributed by atoms with E-state index >= 15 is 0 Å². The summed E-state index contributed by atoms with van der Waals surface area (Å²) in [5.74, 6) is -1.47. The van der Waals surface area contributed by atoms with E-state index in [4.69, 9.17) is 4.74 Å². The molecule has 1 aromatic carbocycles. The van der Waals surface area contributed by atoms with Gasteiger partial charge in [0.15, 0.2) is 0 Å². The van der Waals surface area contributed by atoms with E-state index in [1.807, 2.05) is 18.2 Å². The summed E-state index contributed by atoms with van der Waals surface area (Å²) in [6, 6.07) is 9.06. The molecule has 0 N–H and O–H groups in total. The molecule has 2 nitrogen and oxygen atoms in total. The monoisotopic (exact) mass is 258 g/mol. The average molecular weight is 258 g/mol. The summed E-state index contributed by atoms with van der Waals surface area (Å²) in [5, 5.41) is 0. The second-order valence-corrected chi connectivity index (χ2v) is 4.41. The van der Waals surface area contributed by atoms with Crippen molar-refractivity contribution in [3.63, 3.8) is 0 Å². The fourth-order valence-electron chi connectivity index (χ4n) is 2.23. The standard InChI is InChI=1S/C13H13F3O2/c14-13(15,16)7-6-10-11(8-18-12(10)17)9-4-2-1-3-5-9/h1-5,10-11H,6-8H2/t10-,11+/m1/s1. The molecular formula is C13H13F3O2. The minimum absolute atomic E-state index is 0.172. The molecule has 2 rings (SSSR count). The number of carbonyl (C=O) groups excluding carboxylic acids is 1. The van der Waals surface area contributed by atoms with Gasteiger partial charge >= 0.3 is 12.1 Å². The van der Waals surface area contributed by atoms with Crippen LogP contribution in [-0.4, -0.2) is 18.8 Å². The van der Waals surface area contributed by atoms with Crippen molar-refractivity contribution in [2.24, 2.45) is 5.92 Å².